The van der Waals surface area contributed by atoms with Gasteiger partial charge in [-0.2, -0.15) is 0 Å². The number of ether oxygens (including phenoxy) is 1. The van der Waals surface area contributed by atoms with Crippen molar-refractivity contribution in [2.24, 2.45) is 4.99 Å². The molecule has 1 saturated heterocycles. The molecule has 1 aromatic heterocycles. The van der Waals surface area contributed by atoms with E-state index >= 15 is 0 Å². The Kier molecular flexibility index (Phi) is 5.66. The van der Waals surface area contributed by atoms with Crippen molar-refractivity contribution in [3.8, 4) is 5.75 Å². The van der Waals surface area contributed by atoms with Crippen LogP contribution >= 0.6 is 11.3 Å². The third kappa shape index (κ3) is 4.31. The summed E-state index contributed by atoms with van der Waals surface area (Å²) in [5.41, 5.74) is 4.70. The number of rotatable bonds is 4. The van der Waals surface area contributed by atoms with E-state index in [-0.39, 0.29) is 0 Å². The molecule has 160 valence electrons. The zero-order valence-electron chi connectivity index (χ0n) is 18.1. The number of methoxy groups -OCH3 is 1. The molecule has 31 heavy (non-hydrogen) atoms. The number of hydrogen-bond acceptors (Lipinski definition) is 5. The largest absolute Gasteiger partial charge is 0.497 e. The lowest BCUT2D eigenvalue weighted by atomic mass is 10.0. The summed E-state index contributed by atoms with van der Waals surface area (Å²) in [5, 5.41) is 7.32. The number of nitrogens with one attached hydrogen (secondary N) is 1. The first-order valence-electron chi connectivity index (χ1n) is 11.0. The van der Waals surface area contributed by atoms with E-state index < -0.39 is 0 Å². The van der Waals surface area contributed by atoms with Crippen molar-refractivity contribution in [3.63, 3.8) is 0 Å². The number of fused-ring (bicyclic) bond motifs is 2. The number of benzene rings is 2. The van der Waals surface area contributed by atoms with Crippen LogP contribution in [0.25, 0.3) is 0 Å². The maximum absolute atomic E-state index is 5.28. The molecule has 0 aliphatic carbocycles. The van der Waals surface area contributed by atoms with Gasteiger partial charge in [0.25, 0.3) is 0 Å². The van der Waals surface area contributed by atoms with Crippen LogP contribution in [-0.4, -0.2) is 43.5 Å². The van der Waals surface area contributed by atoms with Crippen molar-refractivity contribution in [1.29, 1.82) is 0 Å². The van der Waals surface area contributed by atoms with Gasteiger partial charge in [0.2, 0.25) is 0 Å². The van der Waals surface area contributed by atoms with Gasteiger partial charge < -0.3 is 20.3 Å². The third-order valence-electron chi connectivity index (χ3n) is 6.09. The average molecular weight is 434 g/mol. The number of quaternary nitrogens is 1. The molecule has 2 aliphatic heterocycles. The molecule has 5 rings (SSSR count). The number of anilines is 2. The number of aliphatic imine (C=N–C) groups is 1. The van der Waals surface area contributed by atoms with Crippen LogP contribution in [0, 0.1) is 6.92 Å². The van der Waals surface area contributed by atoms with Crippen LogP contribution in [0.15, 0.2) is 59.6 Å². The molecule has 0 unspecified atom stereocenters. The monoisotopic (exact) mass is 433 g/mol. The Morgan fingerprint density at radius 3 is 2.87 bits per heavy atom. The van der Waals surface area contributed by atoms with Crippen molar-refractivity contribution < 1.29 is 10.1 Å². The van der Waals surface area contributed by atoms with Gasteiger partial charge in [-0.25, -0.2) is 4.99 Å². The van der Waals surface area contributed by atoms with E-state index in [2.05, 4.69) is 77.1 Å². The lowest BCUT2D eigenvalue weighted by Crippen LogP contribution is -2.95. The van der Waals surface area contributed by atoms with Crippen LogP contribution in [0.5, 0.6) is 5.75 Å². The molecule has 2 aliphatic rings. The minimum absolute atomic E-state index is 0.563. The first kappa shape index (κ1) is 20.1. The molecular formula is C25H29N4OS+. The maximum Gasteiger partial charge on any atom is 0.140 e. The molecule has 2 aromatic carbocycles. The minimum Gasteiger partial charge on any atom is -0.497 e. The maximum atomic E-state index is 5.28. The van der Waals surface area contributed by atoms with E-state index in [4.69, 9.17) is 9.73 Å². The Morgan fingerprint density at radius 1 is 1.19 bits per heavy atom. The van der Waals surface area contributed by atoms with Crippen LogP contribution in [0.2, 0.25) is 0 Å². The SMILES string of the molecule is COc1ccc(CC[C@H]2CN(C3=Nc4ccccc4Nc4sc(C)cc43)CC[NH2+]2)cc1. The van der Waals surface area contributed by atoms with Gasteiger partial charge >= 0.3 is 0 Å². The minimum atomic E-state index is 0.563. The topological polar surface area (TPSA) is 53.5 Å². The Labute approximate surface area is 187 Å². The lowest BCUT2D eigenvalue weighted by Gasteiger charge is -2.33. The number of amidine groups is 1. The number of nitrogens with two attached hydrogens (primary N) is 1. The number of para-hydroxylation sites is 2. The van der Waals surface area contributed by atoms with Gasteiger partial charge in [-0.1, -0.05) is 24.3 Å². The van der Waals surface area contributed by atoms with Crippen molar-refractivity contribution in [2.75, 3.05) is 32.1 Å². The molecule has 3 N–H and O–H groups in total. The molecule has 1 atom stereocenters. The van der Waals surface area contributed by atoms with Crippen LogP contribution in [0.1, 0.15) is 22.4 Å². The fourth-order valence-electron chi connectivity index (χ4n) is 4.45. The number of hydrogen-bond donors (Lipinski definition) is 2. The molecule has 6 heteroatoms. The predicted molar refractivity (Wildman–Crippen MR) is 128 cm³/mol. The van der Waals surface area contributed by atoms with Gasteiger partial charge in [-0.15, -0.1) is 11.3 Å². The van der Waals surface area contributed by atoms with E-state index in [0.717, 1.165) is 55.4 Å². The molecule has 0 bridgehead atoms. The molecule has 5 nitrogen and oxygen atoms in total. The molecule has 0 saturated carbocycles. The molecule has 3 heterocycles. The van der Waals surface area contributed by atoms with Crippen LogP contribution < -0.4 is 15.4 Å². The van der Waals surface area contributed by atoms with Gasteiger partial charge in [0.15, 0.2) is 0 Å². The number of piperazine rings is 1. The van der Waals surface area contributed by atoms with E-state index in [1.807, 2.05) is 11.3 Å². The highest BCUT2D eigenvalue weighted by Crippen LogP contribution is 2.39. The Balaban J connectivity index is 1.35. The Bertz CT molecular complexity index is 1090. The molecule has 0 radical (unpaired) electrons. The van der Waals surface area contributed by atoms with E-state index in [1.54, 1.807) is 7.11 Å². The van der Waals surface area contributed by atoms with Gasteiger partial charge in [0.1, 0.15) is 22.6 Å². The quantitative estimate of drug-likeness (QED) is 0.652. The van der Waals surface area contributed by atoms with Gasteiger partial charge in [0, 0.05) is 11.3 Å². The highest BCUT2D eigenvalue weighted by atomic mass is 32.1. The van der Waals surface area contributed by atoms with Crippen molar-refractivity contribution in [3.05, 3.63) is 70.6 Å². The van der Waals surface area contributed by atoms with Gasteiger partial charge in [-0.3, -0.25) is 0 Å². The zero-order chi connectivity index (χ0) is 21.2. The first-order valence-corrected chi connectivity index (χ1v) is 11.8. The molecule has 3 aromatic rings. The second-order valence-corrected chi connectivity index (χ2v) is 9.55. The second-order valence-electron chi connectivity index (χ2n) is 8.29. The fourth-order valence-corrected chi connectivity index (χ4v) is 5.37. The number of aryl methyl sites for hydroxylation is 2. The second kappa shape index (κ2) is 8.73. The highest BCUT2D eigenvalue weighted by molar-refractivity contribution is 7.16. The smallest absolute Gasteiger partial charge is 0.140 e. The lowest BCUT2D eigenvalue weighted by molar-refractivity contribution is -0.697. The standard InChI is InChI=1S/C25H28N4OS/c1-17-15-21-24(27-22-5-3-4-6-23(22)28-25(21)31-17)29-14-13-26-19(16-29)10-7-18-8-11-20(30-2)12-9-18/h3-6,8-9,11-12,15,19,26,28H,7,10,13-14,16H2,1-2H3/p+1/t19-/m0/s1. The first-order chi connectivity index (χ1) is 15.2. The summed E-state index contributed by atoms with van der Waals surface area (Å²) in [5.74, 6) is 2.03. The molecule has 0 spiro atoms. The highest BCUT2D eigenvalue weighted by Gasteiger charge is 2.29. The number of nitrogens with zero attached hydrogens (tertiary/aromatic N) is 2. The summed E-state index contributed by atoms with van der Waals surface area (Å²) in [6.45, 7) is 5.31. The van der Waals surface area contributed by atoms with Crippen LogP contribution in [0.4, 0.5) is 16.4 Å². The zero-order valence-corrected chi connectivity index (χ0v) is 18.9. The van der Waals surface area contributed by atoms with Crippen LogP contribution in [-0.2, 0) is 6.42 Å². The normalized spacial score (nSPS) is 17.8. The van der Waals surface area contributed by atoms with Crippen LogP contribution in [0.3, 0.4) is 0 Å². The summed E-state index contributed by atoms with van der Waals surface area (Å²) in [6, 6.07) is 19.6. The summed E-state index contributed by atoms with van der Waals surface area (Å²) in [4.78, 5) is 8.95. The summed E-state index contributed by atoms with van der Waals surface area (Å²) >= 11 is 1.81. The van der Waals surface area contributed by atoms with Gasteiger partial charge in [0.05, 0.1) is 43.7 Å². The summed E-state index contributed by atoms with van der Waals surface area (Å²) in [6.07, 6.45) is 2.24. The Morgan fingerprint density at radius 2 is 2.03 bits per heavy atom. The summed E-state index contributed by atoms with van der Waals surface area (Å²) < 4.78 is 5.28. The van der Waals surface area contributed by atoms with Gasteiger partial charge in [-0.05, 0) is 49.2 Å². The van der Waals surface area contributed by atoms with E-state index in [1.165, 1.54) is 21.0 Å². The average Bonchev–Trinajstić information content (AvgIpc) is 3.09. The van der Waals surface area contributed by atoms with Crippen molar-refractivity contribution in [1.82, 2.24) is 4.90 Å². The van der Waals surface area contributed by atoms with Crippen molar-refractivity contribution in [2.45, 2.75) is 25.8 Å². The third-order valence-corrected chi connectivity index (χ3v) is 7.06. The van der Waals surface area contributed by atoms with E-state index in [0.29, 0.717) is 6.04 Å². The number of thiophene rings is 1. The molecule has 0 amide bonds. The predicted octanol–water partition coefficient (Wildman–Crippen LogP) is 4.08. The fraction of sp³-hybridized carbons (Fsp3) is 0.320. The molecular weight excluding hydrogens is 404 g/mol. The Hall–Kier alpha value is -2.83. The van der Waals surface area contributed by atoms with E-state index in [9.17, 15) is 0 Å². The summed E-state index contributed by atoms with van der Waals surface area (Å²) in [7, 11) is 1.71. The molecule has 1 fully saturated rings. The van der Waals surface area contributed by atoms with Crippen molar-refractivity contribution >= 4 is 33.5 Å².